The Balaban J connectivity index is 2.08. The van der Waals surface area contributed by atoms with Crippen molar-refractivity contribution in [2.24, 2.45) is 0 Å². The van der Waals surface area contributed by atoms with Gasteiger partial charge in [-0.15, -0.1) is 11.6 Å². The Morgan fingerprint density at radius 3 is 2.65 bits per heavy atom. The van der Waals surface area contributed by atoms with Crippen LogP contribution in [0.4, 0.5) is 14.5 Å². The molecule has 1 aromatic carbocycles. The fourth-order valence-electron chi connectivity index (χ4n) is 3.29. The quantitative estimate of drug-likeness (QED) is 0.828. The molecule has 1 aromatic heterocycles. The van der Waals surface area contributed by atoms with E-state index in [1.807, 2.05) is 13.8 Å². The van der Waals surface area contributed by atoms with Gasteiger partial charge in [0.15, 0.2) is 0 Å². The number of rotatable bonds is 4. The van der Waals surface area contributed by atoms with E-state index in [-0.39, 0.29) is 35.8 Å². The highest BCUT2D eigenvalue weighted by molar-refractivity contribution is 6.29. The van der Waals surface area contributed by atoms with Gasteiger partial charge in [0.1, 0.15) is 17.5 Å². The Kier molecular flexibility index (Phi) is 4.99. The normalized spacial score (nSPS) is 15.2. The molecule has 0 saturated carbocycles. The SMILES string of the molecule is CC1(C)CN(C(=O)CCl)c2cc(Cc3ccc(F)cc3F)c(CO)nc21. The monoisotopic (exact) mass is 380 g/mol. The highest BCUT2D eigenvalue weighted by Crippen LogP contribution is 2.40. The first kappa shape index (κ1) is 18.7. The van der Waals surface area contributed by atoms with Crippen LogP contribution < -0.4 is 4.90 Å². The topological polar surface area (TPSA) is 53.4 Å². The molecule has 138 valence electrons. The number of aliphatic hydroxyl groups excluding tert-OH is 1. The number of carbonyl (C=O) groups excluding carboxylic acids is 1. The smallest absolute Gasteiger partial charge is 0.241 e. The summed E-state index contributed by atoms with van der Waals surface area (Å²) in [7, 11) is 0. The third-order valence-corrected chi connectivity index (χ3v) is 4.85. The van der Waals surface area contributed by atoms with Gasteiger partial charge in [0.25, 0.3) is 0 Å². The van der Waals surface area contributed by atoms with Crippen LogP contribution in [-0.4, -0.2) is 28.4 Å². The zero-order valence-electron chi connectivity index (χ0n) is 14.5. The summed E-state index contributed by atoms with van der Waals surface area (Å²) in [6, 6.07) is 5.12. The lowest BCUT2D eigenvalue weighted by atomic mass is 9.90. The lowest BCUT2D eigenvalue weighted by Gasteiger charge is -2.19. The summed E-state index contributed by atoms with van der Waals surface area (Å²) in [6.07, 6.45) is 0.131. The van der Waals surface area contributed by atoms with Crippen molar-refractivity contribution in [2.45, 2.75) is 32.3 Å². The number of pyridine rings is 1. The minimum Gasteiger partial charge on any atom is -0.390 e. The number of hydrogen-bond donors (Lipinski definition) is 1. The number of anilines is 1. The number of carbonyl (C=O) groups is 1. The Hall–Kier alpha value is -2.05. The first-order chi connectivity index (χ1) is 12.3. The van der Waals surface area contributed by atoms with Crippen LogP contribution >= 0.6 is 11.6 Å². The van der Waals surface area contributed by atoms with Gasteiger partial charge in [-0.1, -0.05) is 19.9 Å². The first-order valence-corrected chi connectivity index (χ1v) is 8.74. The molecule has 3 rings (SSSR count). The molecular weight excluding hydrogens is 362 g/mol. The third kappa shape index (κ3) is 3.31. The Morgan fingerprint density at radius 1 is 1.31 bits per heavy atom. The van der Waals surface area contributed by atoms with E-state index in [0.29, 0.717) is 29.2 Å². The van der Waals surface area contributed by atoms with E-state index in [1.54, 1.807) is 11.0 Å². The number of aliphatic hydroxyl groups is 1. The van der Waals surface area contributed by atoms with Crippen molar-refractivity contribution >= 4 is 23.2 Å². The molecule has 0 radical (unpaired) electrons. The number of aromatic nitrogens is 1. The van der Waals surface area contributed by atoms with Crippen molar-refractivity contribution < 1.29 is 18.7 Å². The van der Waals surface area contributed by atoms with Crippen LogP contribution in [0.5, 0.6) is 0 Å². The van der Waals surface area contributed by atoms with Crippen molar-refractivity contribution in [1.82, 2.24) is 4.98 Å². The molecule has 2 aromatic rings. The molecule has 2 heterocycles. The Labute approximate surface area is 155 Å². The van der Waals surface area contributed by atoms with Gasteiger partial charge in [-0.05, 0) is 23.3 Å². The highest BCUT2D eigenvalue weighted by atomic mass is 35.5. The van der Waals surface area contributed by atoms with Crippen molar-refractivity contribution in [2.75, 3.05) is 17.3 Å². The summed E-state index contributed by atoms with van der Waals surface area (Å²) >= 11 is 5.72. The predicted molar refractivity (Wildman–Crippen MR) is 95.4 cm³/mol. The number of benzene rings is 1. The molecular formula is C19H19ClF2N2O2. The van der Waals surface area contributed by atoms with Crippen LogP contribution in [0.3, 0.4) is 0 Å². The molecule has 0 bridgehead atoms. The van der Waals surface area contributed by atoms with Gasteiger partial charge in [-0.3, -0.25) is 9.78 Å². The van der Waals surface area contributed by atoms with Crippen molar-refractivity contribution in [1.29, 1.82) is 0 Å². The van der Waals surface area contributed by atoms with Crippen LogP contribution in [0.15, 0.2) is 24.3 Å². The lowest BCUT2D eigenvalue weighted by molar-refractivity contribution is -0.116. The molecule has 0 atom stereocenters. The highest BCUT2D eigenvalue weighted by Gasteiger charge is 2.40. The van der Waals surface area contributed by atoms with Crippen molar-refractivity contribution in [3.8, 4) is 0 Å². The van der Waals surface area contributed by atoms with E-state index in [1.165, 1.54) is 12.1 Å². The number of amides is 1. The van der Waals surface area contributed by atoms with Crippen LogP contribution in [-0.2, 0) is 23.2 Å². The van der Waals surface area contributed by atoms with Crippen molar-refractivity contribution in [3.63, 3.8) is 0 Å². The average Bonchev–Trinajstić information content (AvgIpc) is 2.86. The maximum atomic E-state index is 14.0. The van der Waals surface area contributed by atoms with E-state index in [0.717, 1.165) is 6.07 Å². The second-order valence-corrected chi connectivity index (χ2v) is 7.30. The average molecular weight is 381 g/mol. The summed E-state index contributed by atoms with van der Waals surface area (Å²) in [5, 5.41) is 9.71. The van der Waals surface area contributed by atoms with Crippen LogP contribution in [0.2, 0.25) is 0 Å². The summed E-state index contributed by atoms with van der Waals surface area (Å²) in [6.45, 7) is 4.03. The largest absolute Gasteiger partial charge is 0.390 e. The second-order valence-electron chi connectivity index (χ2n) is 7.03. The molecule has 26 heavy (non-hydrogen) atoms. The lowest BCUT2D eigenvalue weighted by Crippen LogP contribution is -2.34. The standard InChI is InChI=1S/C19H19ClF2N2O2/c1-19(2)10-24(17(26)8-20)16-6-12(15(9-25)23-18(16)19)5-11-3-4-13(21)7-14(11)22/h3-4,6-7,25H,5,8-10H2,1-2H3. The van der Waals surface area contributed by atoms with Crippen LogP contribution in [0.25, 0.3) is 0 Å². The molecule has 1 aliphatic rings. The molecule has 0 saturated heterocycles. The van der Waals surface area contributed by atoms with Crippen molar-refractivity contribution in [3.05, 3.63) is 58.4 Å². The van der Waals surface area contributed by atoms with E-state index in [4.69, 9.17) is 11.6 Å². The van der Waals surface area contributed by atoms with E-state index < -0.39 is 11.6 Å². The number of nitrogens with zero attached hydrogens (tertiary/aromatic N) is 2. The van der Waals surface area contributed by atoms with Gasteiger partial charge in [-0.25, -0.2) is 8.78 Å². The first-order valence-electron chi connectivity index (χ1n) is 8.21. The van der Waals surface area contributed by atoms with E-state index in [9.17, 15) is 18.7 Å². The predicted octanol–water partition coefficient (Wildman–Crippen LogP) is 3.31. The summed E-state index contributed by atoms with van der Waals surface area (Å²) in [5.74, 6) is -1.71. The number of fused-ring (bicyclic) bond motifs is 1. The van der Waals surface area contributed by atoms with Gasteiger partial charge in [0.05, 0.1) is 23.7 Å². The molecule has 1 amide bonds. The summed E-state index contributed by atoms with van der Waals surface area (Å²) < 4.78 is 27.2. The van der Waals surface area contributed by atoms with Gasteiger partial charge in [0, 0.05) is 24.4 Å². The van der Waals surface area contributed by atoms with Crippen LogP contribution in [0, 0.1) is 11.6 Å². The molecule has 1 N–H and O–H groups in total. The van der Waals surface area contributed by atoms with E-state index in [2.05, 4.69) is 4.98 Å². The Bertz CT molecular complexity index is 871. The molecule has 0 unspecified atom stereocenters. The zero-order chi connectivity index (χ0) is 19.1. The molecule has 1 aliphatic heterocycles. The van der Waals surface area contributed by atoms with Gasteiger partial charge >= 0.3 is 0 Å². The van der Waals surface area contributed by atoms with Gasteiger partial charge < -0.3 is 10.0 Å². The molecule has 4 nitrogen and oxygen atoms in total. The number of hydrogen-bond acceptors (Lipinski definition) is 3. The number of alkyl halides is 1. The third-order valence-electron chi connectivity index (χ3n) is 4.62. The minimum absolute atomic E-state index is 0.131. The Morgan fingerprint density at radius 2 is 2.04 bits per heavy atom. The van der Waals surface area contributed by atoms with Gasteiger partial charge in [0.2, 0.25) is 5.91 Å². The van der Waals surface area contributed by atoms with Crippen LogP contribution in [0.1, 0.15) is 36.4 Å². The zero-order valence-corrected chi connectivity index (χ0v) is 15.3. The van der Waals surface area contributed by atoms with Gasteiger partial charge in [-0.2, -0.15) is 0 Å². The summed E-state index contributed by atoms with van der Waals surface area (Å²) in [4.78, 5) is 18.3. The fraction of sp³-hybridized carbons (Fsp3) is 0.368. The molecule has 0 spiro atoms. The van der Waals surface area contributed by atoms with E-state index >= 15 is 0 Å². The molecule has 0 aliphatic carbocycles. The minimum atomic E-state index is -0.664. The second kappa shape index (κ2) is 6.93. The summed E-state index contributed by atoms with van der Waals surface area (Å²) in [5.41, 5.74) is 2.22. The fourth-order valence-corrected chi connectivity index (χ4v) is 3.44. The number of halogens is 3. The molecule has 0 fully saturated rings. The maximum Gasteiger partial charge on any atom is 0.241 e. The maximum absolute atomic E-state index is 14.0. The molecule has 7 heteroatoms.